The van der Waals surface area contributed by atoms with Crippen molar-refractivity contribution >= 4 is 9.24 Å². The van der Waals surface area contributed by atoms with Crippen LogP contribution < -0.4 is 0 Å². The van der Waals surface area contributed by atoms with E-state index < -0.39 is 0 Å². The standard InChI is InChI=1S/C2H7OP/c1-2(3)4/h2-3H,4H2,1H3. The number of aliphatic hydroxyl groups is 1. The monoisotopic (exact) mass is 78.0 g/mol. The van der Waals surface area contributed by atoms with Gasteiger partial charge in [-0.3, -0.25) is 0 Å². The molecule has 2 heteroatoms. The number of aliphatic hydroxyl groups excluding tert-OH is 1. The van der Waals surface area contributed by atoms with Gasteiger partial charge in [-0.2, -0.15) is 0 Å². The van der Waals surface area contributed by atoms with Crippen molar-refractivity contribution in [2.24, 2.45) is 0 Å². The Hall–Kier alpha value is 0.390. The Morgan fingerprint density at radius 3 is 2.00 bits per heavy atom. The molecule has 0 fully saturated rings. The van der Waals surface area contributed by atoms with Gasteiger partial charge in [0.05, 0.1) is 5.85 Å². The molecule has 0 bridgehead atoms. The summed E-state index contributed by atoms with van der Waals surface area (Å²) >= 11 is 0. The third-order valence-electron chi connectivity index (χ3n) is 0. The lowest BCUT2D eigenvalue weighted by Crippen LogP contribution is -1.78. The van der Waals surface area contributed by atoms with Crippen LogP contribution in [0.3, 0.4) is 0 Å². The molecule has 0 spiro atoms. The first-order valence-electron chi connectivity index (χ1n) is 1.17. The van der Waals surface area contributed by atoms with Gasteiger partial charge in [-0.1, -0.05) is 0 Å². The quantitative estimate of drug-likeness (QED) is 0.410. The largest absolute Gasteiger partial charge is 0.389 e. The van der Waals surface area contributed by atoms with E-state index in [1.807, 2.05) is 0 Å². The first-order valence-corrected chi connectivity index (χ1v) is 1.84. The van der Waals surface area contributed by atoms with Gasteiger partial charge in [-0.25, -0.2) is 0 Å². The second-order valence-corrected chi connectivity index (χ2v) is 1.71. The molecule has 0 saturated carbocycles. The summed E-state index contributed by atoms with van der Waals surface area (Å²) in [6, 6.07) is 0. The van der Waals surface area contributed by atoms with E-state index >= 15 is 0 Å². The Kier molecular flexibility index (Phi) is 1.85. The Bertz CT molecular complexity index is 10.8. The van der Waals surface area contributed by atoms with E-state index in [1.165, 1.54) is 0 Å². The third-order valence-corrected chi connectivity index (χ3v) is 0. The molecule has 0 heterocycles. The SMILES string of the molecule is CC(O)P. The molecular formula is C2H7OP. The first kappa shape index (κ1) is 4.39. The van der Waals surface area contributed by atoms with Crippen LogP contribution in [0.15, 0.2) is 0 Å². The second kappa shape index (κ2) is 1.68. The van der Waals surface area contributed by atoms with E-state index in [1.54, 1.807) is 6.92 Å². The zero-order chi connectivity index (χ0) is 3.58. The van der Waals surface area contributed by atoms with Crippen LogP contribution >= 0.6 is 9.24 Å². The number of hydrogen-bond acceptors (Lipinski definition) is 1. The van der Waals surface area contributed by atoms with E-state index in [4.69, 9.17) is 5.11 Å². The molecule has 0 aliphatic heterocycles. The highest BCUT2D eigenvalue weighted by atomic mass is 31.0. The summed E-state index contributed by atoms with van der Waals surface area (Å²) in [7, 11) is 2.21. The molecule has 0 saturated heterocycles. The fourth-order valence-electron chi connectivity index (χ4n) is 0. The summed E-state index contributed by atoms with van der Waals surface area (Å²) in [4.78, 5) is 0. The van der Waals surface area contributed by atoms with Crippen LogP contribution in [0.4, 0.5) is 0 Å². The van der Waals surface area contributed by atoms with E-state index in [0.29, 0.717) is 0 Å². The molecule has 2 atom stereocenters. The lowest BCUT2D eigenvalue weighted by molar-refractivity contribution is 0.283. The fourth-order valence-corrected chi connectivity index (χ4v) is 0. The van der Waals surface area contributed by atoms with Gasteiger partial charge in [0.25, 0.3) is 0 Å². The van der Waals surface area contributed by atoms with Gasteiger partial charge in [0.1, 0.15) is 0 Å². The molecule has 0 aliphatic rings. The Morgan fingerprint density at radius 1 is 2.00 bits per heavy atom. The highest BCUT2D eigenvalue weighted by molar-refractivity contribution is 7.17. The second-order valence-electron chi connectivity index (χ2n) is 0.741. The molecule has 1 nitrogen and oxygen atoms in total. The topological polar surface area (TPSA) is 20.2 Å². The molecule has 0 aliphatic carbocycles. The van der Waals surface area contributed by atoms with Crippen LogP contribution in [-0.4, -0.2) is 11.0 Å². The maximum absolute atomic E-state index is 8.02. The van der Waals surface area contributed by atoms with Crippen molar-refractivity contribution in [3.63, 3.8) is 0 Å². The van der Waals surface area contributed by atoms with Crippen molar-refractivity contribution in [1.82, 2.24) is 0 Å². The molecule has 0 aromatic rings. The Balaban J connectivity index is 2.32. The molecule has 0 amide bonds. The summed E-state index contributed by atoms with van der Waals surface area (Å²) < 4.78 is 0. The molecule has 0 rings (SSSR count). The minimum atomic E-state index is -0.250. The van der Waals surface area contributed by atoms with E-state index in [0.717, 1.165) is 0 Å². The normalized spacial score (nSPS) is 15.8. The Morgan fingerprint density at radius 2 is 2.00 bits per heavy atom. The molecular weight excluding hydrogens is 71.0 g/mol. The van der Waals surface area contributed by atoms with Crippen LogP contribution in [0.1, 0.15) is 6.92 Å². The fraction of sp³-hybridized carbons (Fsp3) is 1.00. The predicted octanol–water partition coefficient (Wildman–Crippen LogP) is 0.200. The van der Waals surface area contributed by atoms with E-state index in [2.05, 4.69) is 9.24 Å². The van der Waals surface area contributed by atoms with Gasteiger partial charge in [-0.05, 0) is 6.92 Å². The molecule has 1 N–H and O–H groups in total. The van der Waals surface area contributed by atoms with Crippen LogP contribution in [0.25, 0.3) is 0 Å². The van der Waals surface area contributed by atoms with Gasteiger partial charge in [0.15, 0.2) is 0 Å². The summed E-state index contributed by atoms with van der Waals surface area (Å²) in [5.74, 6) is -0.250. The smallest absolute Gasteiger partial charge is 0.0645 e. The van der Waals surface area contributed by atoms with E-state index in [-0.39, 0.29) is 5.85 Å². The van der Waals surface area contributed by atoms with Gasteiger partial charge < -0.3 is 5.11 Å². The van der Waals surface area contributed by atoms with Crippen LogP contribution in [0.5, 0.6) is 0 Å². The van der Waals surface area contributed by atoms with Crippen molar-refractivity contribution in [1.29, 1.82) is 0 Å². The lowest BCUT2D eigenvalue weighted by atomic mass is 10.9. The maximum Gasteiger partial charge on any atom is 0.0645 e. The molecule has 26 valence electrons. The average molecular weight is 78.1 g/mol. The summed E-state index contributed by atoms with van der Waals surface area (Å²) in [6.45, 7) is 1.69. The zero-order valence-electron chi connectivity index (χ0n) is 2.60. The van der Waals surface area contributed by atoms with E-state index in [9.17, 15) is 0 Å². The summed E-state index contributed by atoms with van der Waals surface area (Å²) in [5, 5.41) is 8.02. The van der Waals surface area contributed by atoms with Gasteiger partial charge in [0.2, 0.25) is 0 Å². The van der Waals surface area contributed by atoms with Crippen LogP contribution in [-0.2, 0) is 0 Å². The Labute approximate surface area is 28.2 Å². The maximum atomic E-state index is 8.02. The van der Waals surface area contributed by atoms with Crippen molar-refractivity contribution in [2.45, 2.75) is 12.8 Å². The molecule has 2 unspecified atom stereocenters. The highest BCUT2D eigenvalue weighted by Crippen LogP contribution is 1.85. The van der Waals surface area contributed by atoms with Crippen molar-refractivity contribution in [3.8, 4) is 0 Å². The average Bonchev–Trinajstić information content (AvgIpc) is 0.811. The summed E-state index contributed by atoms with van der Waals surface area (Å²) in [5.41, 5.74) is 0. The van der Waals surface area contributed by atoms with Gasteiger partial charge in [-0.15, -0.1) is 9.24 Å². The first-order chi connectivity index (χ1) is 1.73. The predicted molar refractivity (Wildman–Crippen MR) is 21.4 cm³/mol. The summed E-state index contributed by atoms with van der Waals surface area (Å²) in [6.07, 6.45) is 0. The van der Waals surface area contributed by atoms with Crippen molar-refractivity contribution in [3.05, 3.63) is 0 Å². The zero-order valence-corrected chi connectivity index (χ0v) is 3.76. The van der Waals surface area contributed by atoms with Gasteiger partial charge in [0, 0.05) is 0 Å². The molecule has 4 heavy (non-hydrogen) atoms. The number of hydrogen-bond donors (Lipinski definition) is 1. The van der Waals surface area contributed by atoms with Crippen LogP contribution in [0, 0.1) is 0 Å². The minimum Gasteiger partial charge on any atom is -0.389 e. The third kappa shape index (κ3) is 30.4. The molecule has 0 aromatic carbocycles. The van der Waals surface area contributed by atoms with Crippen molar-refractivity contribution in [2.75, 3.05) is 0 Å². The molecule has 0 aromatic heterocycles. The minimum absolute atomic E-state index is 0.250. The van der Waals surface area contributed by atoms with Gasteiger partial charge >= 0.3 is 0 Å². The lowest BCUT2D eigenvalue weighted by Gasteiger charge is -1.80. The number of rotatable bonds is 0. The highest BCUT2D eigenvalue weighted by Gasteiger charge is 1.69. The van der Waals surface area contributed by atoms with Crippen LogP contribution in [0.2, 0.25) is 0 Å². The van der Waals surface area contributed by atoms with Crippen molar-refractivity contribution < 1.29 is 5.11 Å². The molecule has 0 radical (unpaired) electrons.